The SMILES string of the molecule is Cn1nccc1N1CCCC(N(Cc2ccc(C#N)cc2)S(C)(=O)=O)C1=O. The van der Waals surface area contributed by atoms with Crippen LogP contribution in [0.5, 0.6) is 0 Å². The van der Waals surface area contributed by atoms with Crippen LogP contribution < -0.4 is 4.90 Å². The smallest absolute Gasteiger partial charge is 0.246 e. The lowest BCUT2D eigenvalue weighted by molar-refractivity contribution is -0.123. The average molecular weight is 387 g/mol. The fourth-order valence-electron chi connectivity index (χ4n) is 3.31. The number of rotatable bonds is 5. The van der Waals surface area contributed by atoms with Gasteiger partial charge in [-0.15, -0.1) is 0 Å². The van der Waals surface area contributed by atoms with E-state index in [2.05, 4.69) is 5.10 Å². The molecule has 1 aliphatic heterocycles. The third-order valence-corrected chi connectivity index (χ3v) is 5.91. The molecule has 8 nitrogen and oxygen atoms in total. The molecule has 9 heteroatoms. The molecule has 0 bridgehead atoms. The van der Waals surface area contributed by atoms with Crippen LogP contribution in [-0.2, 0) is 28.4 Å². The van der Waals surface area contributed by atoms with E-state index in [0.717, 1.165) is 11.8 Å². The fourth-order valence-corrected chi connectivity index (χ4v) is 4.35. The number of hydrogen-bond acceptors (Lipinski definition) is 5. The van der Waals surface area contributed by atoms with E-state index in [1.54, 1.807) is 53.2 Å². The molecule has 1 unspecified atom stereocenters. The lowest BCUT2D eigenvalue weighted by atomic mass is 10.0. The van der Waals surface area contributed by atoms with Crippen LogP contribution in [0.2, 0.25) is 0 Å². The maximum atomic E-state index is 13.1. The summed E-state index contributed by atoms with van der Waals surface area (Å²) in [7, 11) is -1.87. The van der Waals surface area contributed by atoms with Gasteiger partial charge in [0.05, 0.1) is 24.1 Å². The van der Waals surface area contributed by atoms with Crippen LogP contribution in [0.1, 0.15) is 24.0 Å². The second-order valence-corrected chi connectivity index (χ2v) is 8.51. The number of piperidine rings is 1. The minimum atomic E-state index is -3.62. The van der Waals surface area contributed by atoms with E-state index in [0.29, 0.717) is 30.8 Å². The lowest BCUT2D eigenvalue weighted by Gasteiger charge is -2.37. The summed E-state index contributed by atoms with van der Waals surface area (Å²) in [6.45, 7) is 0.615. The first kappa shape index (κ1) is 19.1. The lowest BCUT2D eigenvalue weighted by Crippen LogP contribution is -2.54. The third kappa shape index (κ3) is 4.02. The second kappa shape index (κ2) is 7.50. The summed E-state index contributed by atoms with van der Waals surface area (Å²) >= 11 is 0. The van der Waals surface area contributed by atoms with Gasteiger partial charge in [-0.05, 0) is 30.5 Å². The first-order valence-electron chi connectivity index (χ1n) is 8.56. The number of carbonyl (C=O) groups is 1. The number of aryl methyl sites for hydroxylation is 1. The Morgan fingerprint density at radius 3 is 2.56 bits per heavy atom. The molecular weight excluding hydrogens is 366 g/mol. The number of benzene rings is 1. The molecule has 0 spiro atoms. The van der Waals surface area contributed by atoms with E-state index in [1.807, 2.05) is 6.07 Å². The highest BCUT2D eigenvalue weighted by Crippen LogP contribution is 2.26. The average Bonchev–Trinajstić information content (AvgIpc) is 3.05. The van der Waals surface area contributed by atoms with Gasteiger partial charge in [0.1, 0.15) is 11.9 Å². The van der Waals surface area contributed by atoms with Gasteiger partial charge in [-0.2, -0.15) is 14.7 Å². The number of anilines is 1. The zero-order chi connectivity index (χ0) is 19.6. The minimum absolute atomic E-state index is 0.0835. The van der Waals surface area contributed by atoms with E-state index in [4.69, 9.17) is 5.26 Å². The summed E-state index contributed by atoms with van der Waals surface area (Å²) in [5.41, 5.74) is 1.23. The van der Waals surface area contributed by atoms with Crippen LogP contribution in [0.15, 0.2) is 36.5 Å². The largest absolute Gasteiger partial charge is 0.296 e. The van der Waals surface area contributed by atoms with Gasteiger partial charge in [0.2, 0.25) is 15.9 Å². The Bertz CT molecular complexity index is 975. The Hall–Kier alpha value is -2.70. The number of carbonyl (C=O) groups excluding carboxylic acids is 1. The molecule has 0 N–H and O–H groups in total. The van der Waals surface area contributed by atoms with Crippen molar-refractivity contribution in [1.29, 1.82) is 5.26 Å². The molecule has 1 aromatic heterocycles. The first-order chi connectivity index (χ1) is 12.8. The zero-order valence-electron chi connectivity index (χ0n) is 15.2. The first-order valence-corrected chi connectivity index (χ1v) is 10.4. The van der Waals surface area contributed by atoms with Crippen LogP contribution in [0.25, 0.3) is 0 Å². The molecule has 1 amide bonds. The van der Waals surface area contributed by atoms with Crippen LogP contribution in [-0.4, -0.2) is 47.3 Å². The molecule has 3 rings (SSSR count). The standard InChI is InChI=1S/C18H21N5O3S/c1-21-17(9-10-20-21)22-11-3-4-16(18(22)24)23(27(2,25)26)13-15-7-5-14(12-19)6-8-15/h5-10,16H,3-4,11,13H2,1-2H3. The van der Waals surface area contributed by atoms with Crippen molar-refractivity contribution in [2.75, 3.05) is 17.7 Å². The maximum Gasteiger partial charge on any atom is 0.246 e. The van der Waals surface area contributed by atoms with Gasteiger partial charge in [0.15, 0.2) is 0 Å². The summed E-state index contributed by atoms with van der Waals surface area (Å²) < 4.78 is 27.8. The van der Waals surface area contributed by atoms with Gasteiger partial charge in [0.25, 0.3) is 0 Å². The van der Waals surface area contributed by atoms with Crippen LogP contribution in [0, 0.1) is 11.3 Å². The molecule has 1 aliphatic rings. The predicted octanol–water partition coefficient (Wildman–Crippen LogP) is 1.25. The van der Waals surface area contributed by atoms with E-state index in [9.17, 15) is 13.2 Å². The molecule has 0 aliphatic carbocycles. The maximum absolute atomic E-state index is 13.1. The molecule has 1 aromatic carbocycles. The van der Waals surface area contributed by atoms with E-state index in [-0.39, 0.29) is 12.5 Å². The quantitative estimate of drug-likeness (QED) is 0.769. The Morgan fingerprint density at radius 1 is 1.30 bits per heavy atom. The molecule has 0 saturated carbocycles. The summed E-state index contributed by atoms with van der Waals surface area (Å²) in [6, 6.07) is 9.71. The van der Waals surface area contributed by atoms with Crippen LogP contribution in [0.3, 0.4) is 0 Å². The molecule has 27 heavy (non-hydrogen) atoms. The molecule has 142 valence electrons. The van der Waals surface area contributed by atoms with Crippen LogP contribution in [0.4, 0.5) is 5.82 Å². The van der Waals surface area contributed by atoms with Crippen molar-refractivity contribution in [2.24, 2.45) is 7.05 Å². The molecule has 1 atom stereocenters. The summed E-state index contributed by atoms with van der Waals surface area (Å²) in [4.78, 5) is 14.7. The number of nitriles is 1. The van der Waals surface area contributed by atoms with Gasteiger partial charge in [-0.25, -0.2) is 8.42 Å². The Labute approximate surface area is 158 Å². The van der Waals surface area contributed by atoms with Gasteiger partial charge in [-0.1, -0.05) is 12.1 Å². The Kier molecular flexibility index (Phi) is 5.30. The topological polar surface area (TPSA) is 99.3 Å². The van der Waals surface area contributed by atoms with Crippen molar-refractivity contribution in [3.8, 4) is 6.07 Å². The van der Waals surface area contributed by atoms with Crippen molar-refractivity contribution in [3.05, 3.63) is 47.7 Å². The molecule has 1 fully saturated rings. The Balaban J connectivity index is 1.89. The Morgan fingerprint density at radius 2 is 2.00 bits per heavy atom. The predicted molar refractivity (Wildman–Crippen MR) is 100 cm³/mol. The normalized spacial score (nSPS) is 17.9. The number of amides is 1. The van der Waals surface area contributed by atoms with E-state index < -0.39 is 16.1 Å². The highest BCUT2D eigenvalue weighted by Gasteiger charge is 2.38. The fraction of sp³-hybridized carbons (Fsp3) is 0.389. The van der Waals surface area contributed by atoms with E-state index >= 15 is 0 Å². The highest BCUT2D eigenvalue weighted by atomic mass is 32.2. The monoisotopic (exact) mass is 387 g/mol. The summed E-state index contributed by atoms with van der Waals surface area (Å²) in [5.74, 6) is 0.403. The molecule has 2 heterocycles. The molecular formula is C18H21N5O3S. The zero-order valence-corrected chi connectivity index (χ0v) is 16.1. The van der Waals surface area contributed by atoms with Crippen molar-refractivity contribution >= 4 is 21.7 Å². The third-order valence-electron chi connectivity index (χ3n) is 4.68. The van der Waals surface area contributed by atoms with Gasteiger partial charge < -0.3 is 0 Å². The number of nitrogens with zero attached hydrogens (tertiary/aromatic N) is 5. The van der Waals surface area contributed by atoms with E-state index in [1.165, 1.54) is 4.31 Å². The minimum Gasteiger partial charge on any atom is -0.296 e. The van der Waals surface area contributed by atoms with Crippen molar-refractivity contribution < 1.29 is 13.2 Å². The number of hydrogen-bond donors (Lipinski definition) is 0. The molecule has 0 radical (unpaired) electrons. The van der Waals surface area contributed by atoms with Gasteiger partial charge in [0, 0.05) is 26.2 Å². The van der Waals surface area contributed by atoms with Gasteiger partial charge >= 0.3 is 0 Å². The second-order valence-electron chi connectivity index (χ2n) is 6.58. The molecule has 1 saturated heterocycles. The van der Waals surface area contributed by atoms with Crippen LogP contribution >= 0.6 is 0 Å². The van der Waals surface area contributed by atoms with Gasteiger partial charge in [-0.3, -0.25) is 14.4 Å². The van der Waals surface area contributed by atoms with Crippen molar-refractivity contribution in [1.82, 2.24) is 14.1 Å². The molecule has 2 aromatic rings. The number of aromatic nitrogens is 2. The van der Waals surface area contributed by atoms with Crippen molar-refractivity contribution in [2.45, 2.75) is 25.4 Å². The number of sulfonamides is 1. The van der Waals surface area contributed by atoms with Crippen molar-refractivity contribution in [3.63, 3.8) is 0 Å². The summed E-state index contributed by atoms with van der Waals surface area (Å²) in [5, 5.41) is 13.0. The highest BCUT2D eigenvalue weighted by molar-refractivity contribution is 7.88. The summed E-state index contributed by atoms with van der Waals surface area (Å²) in [6.07, 6.45) is 3.89.